The summed E-state index contributed by atoms with van der Waals surface area (Å²) in [5, 5.41) is 0. The minimum absolute atomic E-state index is 0.229. The molecule has 2 amide bonds. The van der Waals surface area contributed by atoms with Crippen LogP contribution >= 0.6 is 31.9 Å². The Hall–Kier alpha value is -0.680. The normalized spacial score (nSPS) is 26.1. The summed E-state index contributed by atoms with van der Waals surface area (Å²) < 4.78 is 0. The quantitative estimate of drug-likeness (QED) is 0.583. The van der Waals surface area contributed by atoms with Crippen molar-refractivity contribution < 1.29 is 9.59 Å². The van der Waals surface area contributed by atoms with Crippen molar-refractivity contribution in [3.05, 3.63) is 30.3 Å². The molecule has 2 atom stereocenters. The van der Waals surface area contributed by atoms with Crippen molar-refractivity contribution in [3.63, 3.8) is 0 Å². The van der Waals surface area contributed by atoms with E-state index in [4.69, 9.17) is 0 Å². The molecule has 2 rings (SSSR count). The van der Waals surface area contributed by atoms with Crippen molar-refractivity contribution >= 4 is 49.4 Å². The van der Waals surface area contributed by atoms with E-state index < -0.39 is 9.65 Å². The van der Waals surface area contributed by atoms with E-state index in [1.54, 1.807) is 24.3 Å². The van der Waals surface area contributed by atoms with Crippen LogP contribution in [0.5, 0.6) is 0 Å². The summed E-state index contributed by atoms with van der Waals surface area (Å²) in [5.41, 5.74) is 0.610. The lowest BCUT2D eigenvalue weighted by Crippen LogP contribution is -2.30. The summed E-state index contributed by atoms with van der Waals surface area (Å²) in [6.07, 6.45) is 0. The van der Waals surface area contributed by atoms with Gasteiger partial charge in [0.05, 0.1) is 5.69 Å². The molecule has 0 spiro atoms. The highest BCUT2D eigenvalue weighted by Gasteiger charge is 2.45. The molecular formula is C10H7Br2NO2. The number of nitrogens with zero attached hydrogens (tertiary/aromatic N) is 1. The van der Waals surface area contributed by atoms with Gasteiger partial charge in [-0.2, -0.15) is 0 Å². The zero-order chi connectivity index (χ0) is 11.0. The van der Waals surface area contributed by atoms with Crippen molar-refractivity contribution in [2.75, 3.05) is 4.90 Å². The Morgan fingerprint density at radius 2 is 1.40 bits per heavy atom. The van der Waals surface area contributed by atoms with E-state index in [-0.39, 0.29) is 11.8 Å². The number of amides is 2. The molecule has 0 saturated carbocycles. The predicted octanol–water partition coefficient (Wildman–Crippen LogP) is 2.09. The first-order valence-electron chi connectivity index (χ1n) is 4.34. The first kappa shape index (κ1) is 10.8. The molecule has 15 heavy (non-hydrogen) atoms. The van der Waals surface area contributed by atoms with Gasteiger partial charge in [-0.15, -0.1) is 0 Å². The lowest BCUT2D eigenvalue weighted by molar-refractivity contribution is -0.121. The summed E-state index contributed by atoms with van der Waals surface area (Å²) in [7, 11) is 0. The van der Waals surface area contributed by atoms with Gasteiger partial charge in [0.15, 0.2) is 0 Å². The van der Waals surface area contributed by atoms with Gasteiger partial charge in [0.1, 0.15) is 9.65 Å². The smallest absolute Gasteiger partial charge is 0.249 e. The van der Waals surface area contributed by atoms with Gasteiger partial charge in [-0.25, -0.2) is 4.90 Å². The van der Waals surface area contributed by atoms with E-state index in [9.17, 15) is 9.59 Å². The van der Waals surface area contributed by atoms with Crippen LogP contribution in [0.4, 0.5) is 5.69 Å². The highest BCUT2D eigenvalue weighted by molar-refractivity contribution is 9.12. The molecule has 0 bridgehead atoms. The van der Waals surface area contributed by atoms with Crippen LogP contribution in [0.2, 0.25) is 0 Å². The number of halogens is 2. The van der Waals surface area contributed by atoms with Crippen LogP contribution in [0.25, 0.3) is 0 Å². The monoisotopic (exact) mass is 331 g/mol. The number of rotatable bonds is 1. The van der Waals surface area contributed by atoms with E-state index in [0.29, 0.717) is 5.69 Å². The minimum atomic E-state index is -0.481. The van der Waals surface area contributed by atoms with Crippen molar-refractivity contribution in [2.24, 2.45) is 0 Å². The second-order valence-corrected chi connectivity index (χ2v) is 5.12. The van der Waals surface area contributed by atoms with Crippen LogP contribution in [0.15, 0.2) is 30.3 Å². The van der Waals surface area contributed by atoms with Gasteiger partial charge >= 0.3 is 0 Å². The molecule has 0 radical (unpaired) electrons. The Morgan fingerprint density at radius 3 is 1.87 bits per heavy atom. The fourth-order valence-corrected chi connectivity index (χ4v) is 2.30. The number of anilines is 1. The lowest BCUT2D eigenvalue weighted by Gasteiger charge is -2.13. The molecule has 3 nitrogen and oxygen atoms in total. The summed E-state index contributed by atoms with van der Waals surface area (Å²) in [4.78, 5) is 23.7. The maximum atomic E-state index is 11.8. The number of benzene rings is 1. The number of hydrogen-bond acceptors (Lipinski definition) is 2. The number of carbonyl (C=O) groups excluding carboxylic acids is 2. The summed E-state index contributed by atoms with van der Waals surface area (Å²) in [6, 6.07) is 8.90. The highest BCUT2D eigenvalue weighted by Crippen LogP contribution is 2.30. The Morgan fingerprint density at radius 1 is 0.933 bits per heavy atom. The zero-order valence-electron chi connectivity index (χ0n) is 7.56. The van der Waals surface area contributed by atoms with E-state index >= 15 is 0 Å². The minimum Gasteiger partial charge on any atom is -0.273 e. The molecule has 1 saturated heterocycles. The molecule has 1 fully saturated rings. The van der Waals surface area contributed by atoms with E-state index in [1.165, 1.54) is 4.90 Å². The van der Waals surface area contributed by atoms with E-state index in [2.05, 4.69) is 31.9 Å². The van der Waals surface area contributed by atoms with Gasteiger partial charge in [-0.3, -0.25) is 9.59 Å². The first-order valence-corrected chi connectivity index (χ1v) is 6.17. The second kappa shape index (κ2) is 4.06. The SMILES string of the molecule is O=C1C(Br)C(Br)C(=O)N1c1ccccc1. The number of imide groups is 1. The number of carbonyl (C=O) groups is 2. The molecule has 5 heteroatoms. The van der Waals surface area contributed by atoms with Crippen LogP contribution in [0.1, 0.15) is 0 Å². The van der Waals surface area contributed by atoms with E-state index in [1.807, 2.05) is 6.07 Å². The Balaban J connectivity index is 2.39. The molecule has 0 aliphatic carbocycles. The van der Waals surface area contributed by atoms with E-state index in [0.717, 1.165) is 0 Å². The average Bonchev–Trinajstić information content (AvgIpc) is 2.45. The molecule has 1 aromatic carbocycles. The third-order valence-corrected chi connectivity index (χ3v) is 4.73. The third kappa shape index (κ3) is 1.74. The second-order valence-electron chi connectivity index (χ2n) is 3.15. The van der Waals surface area contributed by atoms with Gasteiger partial charge in [-0.1, -0.05) is 50.1 Å². The Labute approximate surface area is 104 Å². The maximum absolute atomic E-state index is 11.8. The summed E-state index contributed by atoms with van der Waals surface area (Å²) in [5.74, 6) is -0.457. The van der Waals surface area contributed by atoms with Crippen molar-refractivity contribution in [1.29, 1.82) is 0 Å². The van der Waals surface area contributed by atoms with Crippen LogP contribution in [-0.2, 0) is 9.59 Å². The van der Waals surface area contributed by atoms with Crippen LogP contribution < -0.4 is 4.90 Å². The average molecular weight is 333 g/mol. The largest absolute Gasteiger partial charge is 0.273 e. The van der Waals surface area contributed by atoms with Crippen molar-refractivity contribution in [3.8, 4) is 0 Å². The fraction of sp³-hybridized carbons (Fsp3) is 0.200. The van der Waals surface area contributed by atoms with Crippen LogP contribution in [-0.4, -0.2) is 21.5 Å². The Bertz CT molecular complexity index is 387. The van der Waals surface area contributed by atoms with Gasteiger partial charge in [0, 0.05) is 0 Å². The van der Waals surface area contributed by atoms with Gasteiger partial charge < -0.3 is 0 Å². The van der Waals surface area contributed by atoms with Crippen LogP contribution in [0.3, 0.4) is 0 Å². The Kier molecular flexibility index (Phi) is 2.93. The lowest BCUT2D eigenvalue weighted by atomic mass is 10.3. The molecule has 0 N–H and O–H groups in total. The maximum Gasteiger partial charge on any atom is 0.249 e. The molecule has 1 heterocycles. The standard InChI is InChI=1S/C10H7Br2NO2/c11-7-8(12)10(15)13(9(7)14)6-4-2-1-3-5-6/h1-5,7-8H. The summed E-state index contributed by atoms with van der Waals surface area (Å²) >= 11 is 6.38. The van der Waals surface area contributed by atoms with Crippen LogP contribution in [0, 0.1) is 0 Å². The molecule has 78 valence electrons. The molecular weight excluding hydrogens is 326 g/mol. The molecule has 0 aromatic heterocycles. The molecule has 2 unspecified atom stereocenters. The zero-order valence-corrected chi connectivity index (χ0v) is 10.7. The number of alkyl halides is 2. The number of para-hydroxylation sites is 1. The third-order valence-electron chi connectivity index (χ3n) is 2.18. The topological polar surface area (TPSA) is 37.4 Å². The number of hydrogen-bond donors (Lipinski definition) is 0. The molecule has 1 aromatic rings. The van der Waals surface area contributed by atoms with Crippen molar-refractivity contribution in [2.45, 2.75) is 9.65 Å². The first-order chi connectivity index (χ1) is 7.13. The van der Waals surface area contributed by atoms with Crippen molar-refractivity contribution in [1.82, 2.24) is 0 Å². The van der Waals surface area contributed by atoms with Gasteiger partial charge in [0.2, 0.25) is 11.8 Å². The summed E-state index contributed by atoms with van der Waals surface area (Å²) in [6.45, 7) is 0. The predicted molar refractivity (Wildman–Crippen MR) is 64.4 cm³/mol. The highest BCUT2D eigenvalue weighted by atomic mass is 79.9. The molecule has 1 aliphatic rings. The molecule has 1 aliphatic heterocycles. The van der Waals surface area contributed by atoms with Gasteiger partial charge in [-0.05, 0) is 12.1 Å². The van der Waals surface area contributed by atoms with Gasteiger partial charge in [0.25, 0.3) is 0 Å². The fourth-order valence-electron chi connectivity index (χ4n) is 1.44.